The largest absolute Gasteiger partial charge is 0.345 e. The van der Waals surface area contributed by atoms with Crippen LogP contribution in [0, 0.1) is 0 Å². The third kappa shape index (κ3) is 3.78. The van der Waals surface area contributed by atoms with Gasteiger partial charge in [0, 0.05) is 20.6 Å². The van der Waals surface area contributed by atoms with Gasteiger partial charge in [0.1, 0.15) is 5.01 Å². The molecule has 0 radical (unpaired) electrons. The predicted octanol–water partition coefficient (Wildman–Crippen LogP) is 4.05. The molecule has 1 N–H and O–H groups in total. The molecule has 0 unspecified atom stereocenters. The highest BCUT2D eigenvalue weighted by molar-refractivity contribution is 9.10. The third-order valence-corrected chi connectivity index (χ3v) is 4.59. The lowest BCUT2D eigenvalue weighted by atomic mass is 10.2. The molecule has 2 aromatic rings. The monoisotopic (exact) mass is 358 g/mol. The minimum absolute atomic E-state index is 0.164. The molecule has 0 saturated carbocycles. The van der Waals surface area contributed by atoms with Crippen LogP contribution in [-0.4, -0.2) is 10.9 Å². The Hall–Kier alpha value is -0.910. The van der Waals surface area contributed by atoms with Gasteiger partial charge in [-0.15, -0.1) is 11.3 Å². The van der Waals surface area contributed by atoms with E-state index >= 15 is 0 Å². The van der Waals surface area contributed by atoms with Gasteiger partial charge in [0.15, 0.2) is 0 Å². The summed E-state index contributed by atoms with van der Waals surface area (Å²) in [6.07, 6.45) is 2.81. The topological polar surface area (TPSA) is 42.0 Å². The fourth-order valence-electron chi connectivity index (χ4n) is 1.52. The molecule has 100 valence electrons. The van der Waals surface area contributed by atoms with Gasteiger partial charge >= 0.3 is 0 Å². The first-order chi connectivity index (χ1) is 9.10. The Kier molecular flexibility index (Phi) is 4.96. The number of aromatic nitrogens is 1. The molecule has 0 saturated heterocycles. The Bertz CT molecular complexity index is 600. The van der Waals surface area contributed by atoms with E-state index in [2.05, 4.69) is 33.2 Å². The molecule has 1 heterocycles. The maximum absolute atomic E-state index is 12.0. The predicted molar refractivity (Wildman–Crippen MR) is 81.8 cm³/mol. The van der Waals surface area contributed by atoms with Crippen molar-refractivity contribution >= 4 is 44.8 Å². The Morgan fingerprint density at radius 1 is 1.53 bits per heavy atom. The number of halogens is 2. The number of carbonyl (C=O) groups excluding carboxylic acids is 1. The maximum atomic E-state index is 12.0. The summed E-state index contributed by atoms with van der Waals surface area (Å²) >= 11 is 10.8. The molecular weight excluding hydrogens is 348 g/mol. The van der Waals surface area contributed by atoms with Gasteiger partial charge in [-0.05, 0) is 40.5 Å². The number of thiazole rings is 1. The Morgan fingerprint density at radius 2 is 2.32 bits per heavy atom. The Labute approximate surface area is 129 Å². The van der Waals surface area contributed by atoms with Crippen molar-refractivity contribution in [2.24, 2.45) is 0 Å². The molecule has 0 aliphatic rings. The minimum atomic E-state index is -0.164. The summed E-state index contributed by atoms with van der Waals surface area (Å²) in [6.45, 7) is 2.52. The van der Waals surface area contributed by atoms with Crippen LogP contribution in [0.15, 0.2) is 28.9 Å². The van der Waals surface area contributed by atoms with Crippen molar-refractivity contribution in [3.8, 4) is 0 Å². The number of hydrogen-bond acceptors (Lipinski definition) is 3. The molecule has 0 spiro atoms. The van der Waals surface area contributed by atoms with Crippen molar-refractivity contribution in [3.05, 3.63) is 49.3 Å². The second kappa shape index (κ2) is 6.50. The van der Waals surface area contributed by atoms with Crippen LogP contribution < -0.4 is 5.32 Å². The van der Waals surface area contributed by atoms with E-state index in [1.807, 2.05) is 6.20 Å². The number of hydrogen-bond donors (Lipinski definition) is 1. The van der Waals surface area contributed by atoms with E-state index in [0.717, 1.165) is 15.9 Å². The van der Waals surface area contributed by atoms with Crippen LogP contribution in [0.3, 0.4) is 0 Å². The van der Waals surface area contributed by atoms with Gasteiger partial charge in [0.05, 0.1) is 12.1 Å². The second-order valence-electron chi connectivity index (χ2n) is 3.88. The molecule has 19 heavy (non-hydrogen) atoms. The molecule has 0 aliphatic heterocycles. The van der Waals surface area contributed by atoms with Gasteiger partial charge in [0.25, 0.3) is 5.91 Å². The highest BCUT2D eigenvalue weighted by atomic mass is 79.9. The third-order valence-electron chi connectivity index (χ3n) is 2.52. The quantitative estimate of drug-likeness (QED) is 0.894. The molecule has 0 bridgehead atoms. The van der Waals surface area contributed by atoms with Gasteiger partial charge in [-0.3, -0.25) is 4.79 Å². The van der Waals surface area contributed by atoms with E-state index < -0.39 is 0 Å². The van der Waals surface area contributed by atoms with Crippen molar-refractivity contribution in [1.29, 1.82) is 0 Å². The zero-order valence-corrected chi connectivity index (χ0v) is 13.4. The highest BCUT2D eigenvalue weighted by Crippen LogP contribution is 2.21. The molecule has 0 aliphatic carbocycles. The van der Waals surface area contributed by atoms with Gasteiger partial charge in [-0.25, -0.2) is 4.98 Å². The van der Waals surface area contributed by atoms with Crippen LogP contribution in [0.2, 0.25) is 5.02 Å². The summed E-state index contributed by atoms with van der Waals surface area (Å²) in [5, 5.41) is 4.28. The Morgan fingerprint density at radius 3 is 3.00 bits per heavy atom. The molecule has 0 fully saturated rings. The minimum Gasteiger partial charge on any atom is -0.345 e. The zero-order chi connectivity index (χ0) is 13.8. The van der Waals surface area contributed by atoms with Crippen molar-refractivity contribution < 1.29 is 4.79 Å². The van der Waals surface area contributed by atoms with Crippen molar-refractivity contribution in [1.82, 2.24) is 10.3 Å². The number of nitrogens with one attached hydrogen (secondary N) is 1. The maximum Gasteiger partial charge on any atom is 0.252 e. The summed E-state index contributed by atoms with van der Waals surface area (Å²) in [6, 6.07) is 5.13. The van der Waals surface area contributed by atoms with E-state index in [9.17, 15) is 4.79 Å². The number of aryl methyl sites for hydroxylation is 1. The number of carbonyl (C=O) groups is 1. The lowest BCUT2D eigenvalue weighted by Gasteiger charge is -2.05. The Balaban J connectivity index is 2.03. The van der Waals surface area contributed by atoms with E-state index in [1.165, 1.54) is 4.88 Å². The average molecular weight is 360 g/mol. The number of rotatable bonds is 4. The first kappa shape index (κ1) is 14.5. The molecule has 1 amide bonds. The number of amides is 1. The van der Waals surface area contributed by atoms with E-state index in [4.69, 9.17) is 11.6 Å². The van der Waals surface area contributed by atoms with Gasteiger partial charge < -0.3 is 5.32 Å². The molecule has 6 heteroatoms. The summed E-state index contributed by atoms with van der Waals surface area (Å²) in [5.41, 5.74) is 0.528. The molecular formula is C13H12BrClN2OS. The van der Waals surface area contributed by atoms with E-state index in [0.29, 0.717) is 17.1 Å². The van der Waals surface area contributed by atoms with Crippen LogP contribution in [-0.2, 0) is 13.0 Å². The average Bonchev–Trinajstić information content (AvgIpc) is 2.87. The lowest BCUT2D eigenvalue weighted by molar-refractivity contribution is 0.0950. The van der Waals surface area contributed by atoms with Crippen molar-refractivity contribution in [2.45, 2.75) is 19.9 Å². The fourth-order valence-corrected chi connectivity index (χ4v) is 2.92. The van der Waals surface area contributed by atoms with Gasteiger partial charge in [-0.2, -0.15) is 0 Å². The van der Waals surface area contributed by atoms with E-state index in [-0.39, 0.29) is 5.91 Å². The van der Waals surface area contributed by atoms with Crippen LogP contribution in [0.1, 0.15) is 27.2 Å². The summed E-state index contributed by atoms with van der Waals surface area (Å²) in [4.78, 5) is 17.5. The number of nitrogens with zero attached hydrogens (tertiary/aromatic N) is 1. The number of benzene rings is 1. The van der Waals surface area contributed by atoms with Gasteiger partial charge in [0.2, 0.25) is 0 Å². The molecule has 2 rings (SSSR count). The summed E-state index contributed by atoms with van der Waals surface area (Å²) < 4.78 is 0.725. The molecule has 3 nitrogen and oxygen atoms in total. The first-order valence-corrected chi connectivity index (χ1v) is 7.75. The van der Waals surface area contributed by atoms with Crippen molar-refractivity contribution in [3.63, 3.8) is 0 Å². The molecule has 1 aromatic carbocycles. The molecule has 0 atom stereocenters. The summed E-state index contributed by atoms with van der Waals surface area (Å²) in [5.74, 6) is -0.164. The first-order valence-electron chi connectivity index (χ1n) is 5.77. The fraction of sp³-hybridized carbons (Fsp3) is 0.231. The van der Waals surface area contributed by atoms with Crippen LogP contribution in [0.4, 0.5) is 0 Å². The van der Waals surface area contributed by atoms with Crippen LogP contribution >= 0.6 is 38.9 Å². The normalized spacial score (nSPS) is 10.5. The second-order valence-corrected chi connectivity index (χ2v) is 6.37. The highest BCUT2D eigenvalue weighted by Gasteiger charge is 2.11. The zero-order valence-electron chi connectivity index (χ0n) is 10.2. The van der Waals surface area contributed by atoms with Gasteiger partial charge in [-0.1, -0.05) is 18.5 Å². The van der Waals surface area contributed by atoms with Crippen LogP contribution in [0.25, 0.3) is 0 Å². The van der Waals surface area contributed by atoms with Crippen molar-refractivity contribution in [2.75, 3.05) is 0 Å². The van der Waals surface area contributed by atoms with E-state index in [1.54, 1.807) is 29.5 Å². The summed E-state index contributed by atoms with van der Waals surface area (Å²) in [7, 11) is 0. The SMILES string of the molecule is CCc1cnc(CNC(=O)c2cc(Cl)ccc2Br)s1. The molecule has 1 aromatic heterocycles. The standard InChI is InChI=1S/C13H12BrClN2OS/c1-2-9-6-16-12(19-9)7-17-13(18)10-5-8(15)3-4-11(10)14/h3-6H,2,7H2,1H3,(H,17,18). The lowest BCUT2D eigenvalue weighted by Crippen LogP contribution is -2.23. The van der Waals surface area contributed by atoms with Crippen LogP contribution in [0.5, 0.6) is 0 Å². The smallest absolute Gasteiger partial charge is 0.252 e.